The van der Waals surface area contributed by atoms with E-state index in [1.807, 2.05) is 12.1 Å². The van der Waals surface area contributed by atoms with Crippen LogP contribution in [0, 0.1) is 0 Å². The van der Waals surface area contributed by atoms with Gasteiger partial charge in [-0.2, -0.15) is 0 Å². The Balaban J connectivity index is 0.00000200. The van der Waals surface area contributed by atoms with Gasteiger partial charge in [-0.25, -0.2) is 0 Å². The summed E-state index contributed by atoms with van der Waals surface area (Å²) in [5, 5.41) is 0.796. The summed E-state index contributed by atoms with van der Waals surface area (Å²) in [7, 11) is 4.54. The molecular formula is C17H21Cl2N. The van der Waals surface area contributed by atoms with E-state index in [2.05, 4.69) is 63.5 Å². The first-order valence-corrected chi connectivity index (χ1v) is 6.99. The lowest BCUT2D eigenvalue weighted by Crippen LogP contribution is -3.00. The lowest BCUT2D eigenvalue weighted by Gasteiger charge is -2.36. The average molecular weight is 310 g/mol. The van der Waals surface area contributed by atoms with Gasteiger partial charge in [0.05, 0.1) is 14.1 Å². The van der Waals surface area contributed by atoms with E-state index in [0.717, 1.165) is 16.1 Å². The molecule has 0 bridgehead atoms. The largest absolute Gasteiger partial charge is 1.00 e. The van der Waals surface area contributed by atoms with Gasteiger partial charge < -0.3 is 16.9 Å². The first-order chi connectivity index (χ1) is 8.99. The Morgan fingerprint density at radius 1 is 0.950 bits per heavy atom. The third-order valence-electron chi connectivity index (χ3n) is 3.83. The zero-order valence-electron chi connectivity index (χ0n) is 12.2. The topological polar surface area (TPSA) is 0 Å². The lowest BCUT2D eigenvalue weighted by molar-refractivity contribution is -0.932. The lowest BCUT2D eigenvalue weighted by atomic mass is 10.0. The molecule has 0 aromatic heterocycles. The van der Waals surface area contributed by atoms with E-state index in [-0.39, 0.29) is 12.4 Å². The highest BCUT2D eigenvalue weighted by Gasteiger charge is 2.25. The van der Waals surface area contributed by atoms with Crippen LogP contribution in [0.2, 0.25) is 5.02 Å². The van der Waals surface area contributed by atoms with Crippen molar-refractivity contribution >= 4 is 11.6 Å². The van der Waals surface area contributed by atoms with Crippen molar-refractivity contribution in [3.8, 4) is 0 Å². The molecule has 0 aliphatic rings. The van der Waals surface area contributed by atoms with Gasteiger partial charge in [-0.05, 0) is 19.1 Å². The molecule has 0 heterocycles. The molecule has 1 unspecified atom stereocenters. The van der Waals surface area contributed by atoms with Crippen LogP contribution in [0.3, 0.4) is 0 Å². The number of nitrogens with zero attached hydrogens (tertiary/aromatic N) is 1. The van der Waals surface area contributed by atoms with Gasteiger partial charge >= 0.3 is 0 Å². The van der Waals surface area contributed by atoms with Crippen LogP contribution in [-0.2, 0) is 6.54 Å². The maximum absolute atomic E-state index is 5.96. The summed E-state index contributed by atoms with van der Waals surface area (Å²) in [4.78, 5) is 0. The number of benzene rings is 2. The first kappa shape index (κ1) is 17.0. The zero-order valence-corrected chi connectivity index (χ0v) is 13.7. The van der Waals surface area contributed by atoms with Gasteiger partial charge in [0.15, 0.2) is 0 Å². The molecule has 0 aliphatic carbocycles. The third kappa shape index (κ3) is 4.24. The Morgan fingerprint density at radius 3 is 2.05 bits per heavy atom. The van der Waals surface area contributed by atoms with Crippen molar-refractivity contribution in [3.63, 3.8) is 0 Å². The molecule has 2 aromatic rings. The van der Waals surface area contributed by atoms with Crippen LogP contribution in [0.1, 0.15) is 24.1 Å². The van der Waals surface area contributed by atoms with Crippen LogP contribution >= 0.6 is 11.6 Å². The predicted molar refractivity (Wildman–Crippen MR) is 82.1 cm³/mol. The van der Waals surface area contributed by atoms with E-state index < -0.39 is 0 Å². The second-order valence-electron chi connectivity index (χ2n) is 5.65. The Labute approximate surface area is 133 Å². The first-order valence-electron chi connectivity index (χ1n) is 6.61. The second-order valence-corrected chi connectivity index (χ2v) is 6.09. The molecule has 20 heavy (non-hydrogen) atoms. The summed E-state index contributed by atoms with van der Waals surface area (Å²) in [6, 6.07) is 19.2. The summed E-state index contributed by atoms with van der Waals surface area (Å²) in [6.07, 6.45) is 0. The molecule has 2 rings (SSSR count). The normalized spacial score (nSPS) is 12.6. The molecule has 0 aliphatic heterocycles. The Hall–Kier alpha value is -1.02. The van der Waals surface area contributed by atoms with Crippen LogP contribution < -0.4 is 12.4 Å². The van der Waals surface area contributed by atoms with E-state index in [4.69, 9.17) is 11.6 Å². The molecular weight excluding hydrogens is 289 g/mol. The van der Waals surface area contributed by atoms with Crippen LogP contribution in [0.4, 0.5) is 0 Å². The molecule has 0 fully saturated rings. The van der Waals surface area contributed by atoms with Crippen molar-refractivity contribution in [3.05, 3.63) is 70.7 Å². The van der Waals surface area contributed by atoms with E-state index >= 15 is 0 Å². The summed E-state index contributed by atoms with van der Waals surface area (Å²) in [5.74, 6) is 0. The fourth-order valence-corrected chi connectivity index (χ4v) is 2.46. The predicted octanol–water partition coefficient (Wildman–Crippen LogP) is 1.68. The van der Waals surface area contributed by atoms with E-state index in [1.165, 1.54) is 11.1 Å². The van der Waals surface area contributed by atoms with Gasteiger partial charge in [0.2, 0.25) is 0 Å². The monoisotopic (exact) mass is 309 g/mol. The molecule has 0 radical (unpaired) electrons. The summed E-state index contributed by atoms with van der Waals surface area (Å²) < 4.78 is 0.922. The van der Waals surface area contributed by atoms with Crippen LogP contribution in [-0.4, -0.2) is 18.6 Å². The third-order valence-corrected chi connectivity index (χ3v) is 4.09. The zero-order chi connectivity index (χ0) is 13.9. The SMILES string of the molecule is CC(c1ccc(Cl)cc1)[N+](C)(C)Cc1ccccc1.[Cl-]. The summed E-state index contributed by atoms with van der Waals surface area (Å²) >= 11 is 5.96. The minimum Gasteiger partial charge on any atom is -1.00 e. The molecule has 0 saturated carbocycles. The number of quaternary nitrogens is 1. The molecule has 1 nitrogen and oxygen atoms in total. The van der Waals surface area contributed by atoms with E-state index in [0.29, 0.717) is 6.04 Å². The minimum atomic E-state index is 0. The number of hydrogen-bond acceptors (Lipinski definition) is 0. The second kappa shape index (κ2) is 7.12. The quantitative estimate of drug-likeness (QED) is 0.754. The molecule has 108 valence electrons. The molecule has 0 spiro atoms. The standard InChI is InChI=1S/C17H21ClN.ClH/c1-14(16-9-11-17(18)12-10-16)19(2,3)13-15-7-5-4-6-8-15;/h4-12,14H,13H2,1-3H3;1H/q+1;/p-1. The number of rotatable bonds is 4. The van der Waals surface area contributed by atoms with Gasteiger partial charge in [0.1, 0.15) is 12.6 Å². The summed E-state index contributed by atoms with van der Waals surface area (Å²) in [5.41, 5.74) is 2.69. The fourth-order valence-electron chi connectivity index (χ4n) is 2.34. The maximum Gasteiger partial charge on any atom is 0.112 e. The minimum absolute atomic E-state index is 0. The van der Waals surface area contributed by atoms with Crippen LogP contribution in [0.5, 0.6) is 0 Å². The molecule has 0 amide bonds. The smallest absolute Gasteiger partial charge is 0.112 e. The average Bonchev–Trinajstić information content (AvgIpc) is 2.39. The Morgan fingerprint density at radius 2 is 1.50 bits per heavy atom. The molecule has 0 N–H and O–H groups in total. The fraction of sp³-hybridized carbons (Fsp3) is 0.294. The van der Waals surface area contributed by atoms with Gasteiger partial charge in [-0.15, -0.1) is 0 Å². The summed E-state index contributed by atoms with van der Waals surface area (Å²) in [6.45, 7) is 3.29. The highest BCUT2D eigenvalue weighted by molar-refractivity contribution is 6.30. The van der Waals surface area contributed by atoms with E-state index in [9.17, 15) is 0 Å². The maximum atomic E-state index is 5.96. The van der Waals surface area contributed by atoms with Gasteiger partial charge in [-0.1, -0.05) is 54.1 Å². The van der Waals surface area contributed by atoms with E-state index in [1.54, 1.807) is 0 Å². The van der Waals surface area contributed by atoms with Gasteiger partial charge in [0, 0.05) is 16.1 Å². The van der Waals surface area contributed by atoms with Crippen molar-refractivity contribution in [2.24, 2.45) is 0 Å². The number of hydrogen-bond donors (Lipinski definition) is 0. The van der Waals surface area contributed by atoms with Crippen molar-refractivity contribution in [2.75, 3.05) is 14.1 Å². The molecule has 2 aromatic carbocycles. The van der Waals surface area contributed by atoms with Crippen molar-refractivity contribution in [1.82, 2.24) is 0 Å². The van der Waals surface area contributed by atoms with Crippen molar-refractivity contribution < 1.29 is 16.9 Å². The van der Waals surface area contributed by atoms with Crippen LogP contribution in [0.15, 0.2) is 54.6 Å². The van der Waals surface area contributed by atoms with Crippen molar-refractivity contribution in [2.45, 2.75) is 19.5 Å². The molecule has 1 atom stereocenters. The molecule has 3 heteroatoms. The van der Waals surface area contributed by atoms with Gasteiger partial charge in [0.25, 0.3) is 0 Å². The highest BCUT2D eigenvalue weighted by atomic mass is 35.5. The van der Waals surface area contributed by atoms with Gasteiger partial charge in [-0.3, -0.25) is 0 Å². The van der Waals surface area contributed by atoms with Crippen molar-refractivity contribution in [1.29, 1.82) is 0 Å². The molecule has 0 saturated heterocycles. The van der Waals surface area contributed by atoms with Crippen LogP contribution in [0.25, 0.3) is 0 Å². The highest BCUT2D eigenvalue weighted by Crippen LogP contribution is 2.27. The number of halogens is 2. The Kier molecular flexibility index (Phi) is 6.07. The Bertz CT molecular complexity index is 520.